The average Bonchev–Trinajstić information content (AvgIpc) is 3.23. The van der Waals surface area contributed by atoms with Gasteiger partial charge < -0.3 is 8.99 Å². The van der Waals surface area contributed by atoms with E-state index in [0.717, 1.165) is 24.1 Å². The second kappa shape index (κ2) is 7.55. The first-order valence-electron chi connectivity index (χ1n) is 11.2. The lowest BCUT2D eigenvalue weighted by atomic mass is 9.80. The van der Waals surface area contributed by atoms with Crippen molar-refractivity contribution in [2.45, 2.75) is 95.2 Å². The zero-order valence-corrected chi connectivity index (χ0v) is 19.8. The lowest BCUT2D eigenvalue weighted by Crippen LogP contribution is -2.46. The van der Waals surface area contributed by atoms with Gasteiger partial charge in [-0.05, 0) is 62.7 Å². The number of fused-ring (bicyclic) bond motifs is 3. The maximum Gasteiger partial charge on any atom is 0.192 e. The highest BCUT2D eigenvalue weighted by molar-refractivity contribution is 6.74. The molecule has 2 heterocycles. The topological polar surface area (TPSA) is 27.1 Å². The third-order valence-electron chi connectivity index (χ3n) is 7.63. The summed E-state index contributed by atoms with van der Waals surface area (Å²) in [6, 6.07) is 4.99. The lowest BCUT2D eigenvalue weighted by Gasteiger charge is -2.42. The molecule has 1 unspecified atom stereocenters. The molecule has 1 saturated carbocycles. The average molecular weight is 433 g/mol. The summed E-state index contributed by atoms with van der Waals surface area (Å²) in [7, 11) is -1.83. The highest BCUT2D eigenvalue weighted by Crippen LogP contribution is 2.46. The van der Waals surface area contributed by atoms with Crippen molar-refractivity contribution >= 4 is 8.32 Å². The number of halogens is 2. The fraction of sp³-hybridized carbons (Fsp3) is 0.625. The van der Waals surface area contributed by atoms with Crippen LogP contribution in [0.2, 0.25) is 18.1 Å². The van der Waals surface area contributed by atoms with Crippen LogP contribution in [0.3, 0.4) is 0 Å². The van der Waals surface area contributed by atoms with Gasteiger partial charge in [0.05, 0.1) is 24.3 Å². The van der Waals surface area contributed by atoms with Crippen LogP contribution in [0.5, 0.6) is 0 Å². The molecule has 1 aliphatic carbocycles. The van der Waals surface area contributed by atoms with E-state index >= 15 is 4.39 Å². The molecule has 1 fully saturated rings. The van der Waals surface area contributed by atoms with Crippen LogP contribution in [-0.4, -0.2) is 29.6 Å². The number of aromatic nitrogens is 2. The van der Waals surface area contributed by atoms with E-state index < -0.39 is 14.0 Å². The van der Waals surface area contributed by atoms with Crippen LogP contribution in [0.1, 0.15) is 70.9 Å². The van der Waals surface area contributed by atoms with Gasteiger partial charge in [-0.1, -0.05) is 32.9 Å². The zero-order chi connectivity index (χ0) is 21.7. The lowest BCUT2D eigenvalue weighted by molar-refractivity contribution is 0.0302. The zero-order valence-electron chi connectivity index (χ0n) is 18.8. The van der Waals surface area contributed by atoms with Crippen LogP contribution < -0.4 is 0 Å². The number of benzene rings is 1. The first kappa shape index (κ1) is 21.7. The summed E-state index contributed by atoms with van der Waals surface area (Å²) in [5.74, 6) is -0.208. The van der Waals surface area contributed by atoms with Crippen molar-refractivity contribution < 1.29 is 13.2 Å². The molecule has 0 amide bonds. The van der Waals surface area contributed by atoms with Gasteiger partial charge in [-0.25, -0.2) is 13.8 Å². The number of alkyl halides is 1. The van der Waals surface area contributed by atoms with Gasteiger partial charge >= 0.3 is 0 Å². The summed E-state index contributed by atoms with van der Waals surface area (Å²) < 4.78 is 38.8. The van der Waals surface area contributed by atoms with E-state index in [9.17, 15) is 4.39 Å². The van der Waals surface area contributed by atoms with Crippen LogP contribution >= 0.6 is 0 Å². The Balaban J connectivity index is 1.40. The van der Waals surface area contributed by atoms with Gasteiger partial charge in [-0.3, -0.25) is 0 Å². The Bertz CT molecular complexity index is 910. The predicted octanol–water partition coefficient (Wildman–Crippen LogP) is 7.04. The Morgan fingerprint density at radius 1 is 1.23 bits per heavy atom. The van der Waals surface area contributed by atoms with Crippen LogP contribution in [0.4, 0.5) is 8.78 Å². The van der Waals surface area contributed by atoms with Crippen molar-refractivity contribution in [1.82, 2.24) is 9.55 Å². The van der Waals surface area contributed by atoms with E-state index in [0.29, 0.717) is 31.2 Å². The maximum atomic E-state index is 15.7. The third-order valence-corrected chi connectivity index (χ3v) is 12.2. The minimum Gasteiger partial charge on any atom is -0.414 e. The molecule has 2 aromatic rings. The molecule has 6 heteroatoms. The second-order valence-corrected chi connectivity index (χ2v) is 15.4. The first-order valence-corrected chi connectivity index (χ1v) is 14.1. The van der Waals surface area contributed by atoms with Crippen molar-refractivity contribution in [3.05, 3.63) is 42.1 Å². The SMILES string of the molecule is CC(C)(C)[Si](C)(C)OC1CCC(F)(CCC2c3c(F)cccc3-c3cncn32)CC1. The minimum atomic E-state index is -1.83. The van der Waals surface area contributed by atoms with E-state index in [2.05, 4.69) is 38.8 Å². The Hall–Kier alpha value is -1.53. The van der Waals surface area contributed by atoms with E-state index in [1.54, 1.807) is 18.6 Å². The summed E-state index contributed by atoms with van der Waals surface area (Å²) in [6.07, 6.45) is 7.31. The van der Waals surface area contributed by atoms with Crippen molar-refractivity contribution in [3.63, 3.8) is 0 Å². The van der Waals surface area contributed by atoms with E-state index in [4.69, 9.17) is 4.43 Å². The quantitative estimate of drug-likeness (QED) is 0.474. The highest BCUT2D eigenvalue weighted by Gasteiger charge is 2.43. The Morgan fingerprint density at radius 2 is 1.93 bits per heavy atom. The number of imidazole rings is 1. The number of hydrogen-bond donors (Lipinski definition) is 0. The molecule has 1 aromatic carbocycles. The van der Waals surface area contributed by atoms with Crippen molar-refractivity contribution in [3.8, 4) is 11.3 Å². The molecule has 1 aromatic heterocycles. The fourth-order valence-electron chi connectivity index (χ4n) is 4.75. The van der Waals surface area contributed by atoms with Gasteiger partial charge in [0.2, 0.25) is 0 Å². The van der Waals surface area contributed by atoms with Gasteiger partial charge in [-0.15, -0.1) is 0 Å². The van der Waals surface area contributed by atoms with Crippen molar-refractivity contribution in [1.29, 1.82) is 0 Å². The molecule has 4 rings (SSSR count). The molecule has 0 spiro atoms. The number of rotatable bonds is 5. The van der Waals surface area contributed by atoms with Gasteiger partial charge in [0.1, 0.15) is 11.5 Å². The maximum absolute atomic E-state index is 15.7. The molecule has 3 nitrogen and oxygen atoms in total. The second-order valence-electron chi connectivity index (χ2n) is 10.7. The molecule has 0 N–H and O–H groups in total. The molecule has 164 valence electrons. The highest BCUT2D eigenvalue weighted by atomic mass is 28.4. The molecule has 0 radical (unpaired) electrons. The number of hydrogen-bond acceptors (Lipinski definition) is 2. The van der Waals surface area contributed by atoms with Crippen molar-refractivity contribution in [2.24, 2.45) is 0 Å². The van der Waals surface area contributed by atoms with Gasteiger partial charge in [-0.2, -0.15) is 0 Å². The molecule has 30 heavy (non-hydrogen) atoms. The molecule has 2 aliphatic rings. The van der Waals surface area contributed by atoms with E-state index in [-0.39, 0.29) is 23.0 Å². The van der Waals surface area contributed by atoms with E-state index in [1.165, 1.54) is 6.07 Å². The standard InChI is InChI=1S/C24H34F2N2OSi/c1-23(2,3)30(4,5)29-17-9-12-24(26,13-10-17)14-11-20-22-18(7-6-8-19(22)25)21-15-27-16-28(20)21/h6-8,15-17,20H,9-14H2,1-5H3. The Kier molecular flexibility index (Phi) is 5.46. The number of nitrogens with zero attached hydrogens (tertiary/aromatic N) is 2. The first-order chi connectivity index (χ1) is 14.0. The largest absolute Gasteiger partial charge is 0.414 e. The Morgan fingerprint density at radius 3 is 2.60 bits per heavy atom. The van der Waals surface area contributed by atoms with Crippen LogP contribution in [0, 0.1) is 5.82 Å². The fourth-order valence-corrected chi connectivity index (χ4v) is 6.17. The summed E-state index contributed by atoms with van der Waals surface area (Å²) in [5.41, 5.74) is 1.31. The van der Waals surface area contributed by atoms with Crippen LogP contribution in [-0.2, 0) is 4.43 Å². The smallest absolute Gasteiger partial charge is 0.192 e. The molecular weight excluding hydrogens is 398 g/mol. The summed E-state index contributed by atoms with van der Waals surface area (Å²) in [5, 5.41) is 0.166. The van der Waals surface area contributed by atoms with Crippen LogP contribution in [0.15, 0.2) is 30.7 Å². The molecular formula is C24H34F2N2OSi. The van der Waals surface area contributed by atoms with E-state index in [1.807, 2.05) is 10.6 Å². The minimum absolute atomic E-state index is 0.166. The third kappa shape index (κ3) is 3.89. The van der Waals surface area contributed by atoms with Gasteiger partial charge in [0, 0.05) is 17.2 Å². The normalized spacial score (nSPS) is 26.5. The van der Waals surface area contributed by atoms with Gasteiger partial charge in [0.15, 0.2) is 8.32 Å². The summed E-state index contributed by atoms with van der Waals surface area (Å²) in [4.78, 5) is 4.23. The molecule has 0 saturated heterocycles. The monoisotopic (exact) mass is 432 g/mol. The summed E-state index contributed by atoms with van der Waals surface area (Å²) >= 11 is 0. The predicted molar refractivity (Wildman–Crippen MR) is 119 cm³/mol. The molecule has 1 atom stereocenters. The van der Waals surface area contributed by atoms with Gasteiger partial charge in [0.25, 0.3) is 0 Å². The van der Waals surface area contributed by atoms with Crippen molar-refractivity contribution in [2.75, 3.05) is 0 Å². The van der Waals surface area contributed by atoms with Crippen LogP contribution in [0.25, 0.3) is 11.3 Å². The molecule has 1 aliphatic heterocycles. The Labute approximate surface area is 180 Å². The summed E-state index contributed by atoms with van der Waals surface area (Å²) in [6.45, 7) is 11.2. The molecule has 0 bridgehead atoms.